The Morgan fingerprint density at radius 1 is 1.40 bits per heavy atom. The van der Waals surface area contributed by atoms with Crippen molar-refractivity contribution >= 4 is 15.8 Å². The van der Waals surface area contributed by atoms with Crippen LogP contribution in [-0.2, 0) is 28.8 Å². The predicted octanol–water partition coefficient (Wildman–Crippen LogP) is 1.04. The van der Waals surface area contributed by atoms with Crippen LogP contribution in [0.3, 0.4) is 0 Å². The van der Waals surface area contributed by atoms with Crippen molar-refractivity contribution in [1.82, 2.24) is 0 Å². The molecule has 2 heterocycles. The normalized spacial score (nSPS) is 36.7. The van der Waals surface area contributed by atoms with E-state index in [-0.39, 0.29) is 24.2 Å². The third kappa shape index (κ3) is 3.71. The molecule has 0 saturated carbocycles. The van der Waals surface area contributed by atoms with Crippen LogP contribution in [0.4, 0.5) is 0 Å². The molecule has 2 saturated heterocycles. The molecule has 2 fully saturated rings. The molecule has 0 aliphatic carbocycles. The van der Waals surface area contributed by atoms with Crippen LogP contribution in [0, 0.1) is 0 Å². The number of carbonyl (C=O) groups is 1. The van der Waals surface area contributed by atoms with Crippen molar-refractivity contribution in [3.05, 3.63) is 0 Å². The summed E-state index contributed by atoms with van der Waals surface area (Å²) in [6.45, 7) is 2.03. The summed E-state index contributed by atoms with van der Waals surface area (Å²) in [5.41, 5.74) is 0. The third-order valence-electron chi connectivity index (χ3n) is 3.92. The lowest BCUT2D eigenvalue weighted by Crippen LogP contribution is -2.38. The van der Waals surface area contributed by atoms with Gasteiger partial charge in [0.05, 0.1) is 37.2 Å². The Kier molecular flexibility index (Phi) is 4.71. The zero-order valence-electron chi connectivity index (χ0n) is 12.0. The van der Waals surface area contributed by atoms with Crippen molar-refractivity contribution in [2.45, 2.75) is 56.2 Å². The molecule has 2 rings (SSSR count). The summed E-state index contributed by atoms with van der Waals surface area (Å²) in [5.74, 6) is -1.03. The molecule has 20 heavy (non-hydrogen) atoms. The Hall–Kier alpha value is -0.660. The maximum Gasteiger partial charge on any atom is 0.308 e. The van der Waals surface area contributed by atoms with Crippen molar-refractivity contribution < 1.29 is 27.4 Å². The van der Waals surface area contributed by atoms with Crippen LogP contribution in [0.1, 0.15) is 39.0 Å². The molecule has 0 bridgehead atoms. The Labute approximate surface area is 119 Å². The average molecular weight is 306 g/mol. The summed E-state index contributed by atoms with van der Waals surface area (Å²) in [7, 11) is -1.72. The molecule has 0 aromatic rings. The number of esters is 1. The Balaban J connectivity index is 1.94. The monoisotopic (exact) mass is 306 g/mol. The van der Waals surface area contributed by atoms with Gasteiger partial charge in [0.15, 0.2) is 15.6 Å². The van der Waals surface area contributed by atoms with E-state index < -0.39 is 20.9 Å². The molecule has 2 aliphatic heterocycles. The summed E-state index contributed by atoms with van der Waals surface area (Å²) in [4.78, 5) is 11.2. The van der Waals surface area contributed by atoms with Gasteiger partial charge in [-0.2, -0.15) is 0 Å². The molecule has 116 valence electrons. The van der Waals surface area contributed by atoms with E-state index >= 15 is 0 Å². The van der Waals surface area contributed by atoms with Crippen molar-refractivity contribution in [1.29, 1.82) is 0 Å². The fraction of sp³-hybridized carbons (Fsp3) is 0.923. The van der Waals surface area contributed by atoms with Gasteiger partial charge in [-0.3, -0.25) is 4.79 Å². The van der Waals surface area contributed by atoms with Gasteiger partial charge in [-0.25, -0.2) is 8.42 Å². The van der Waals surface area contributed by atoms with E-state index in [4.69, 9.17) is 9.47 Å². The topological polar surface area (TPSA) is 78.9 Å². The van der Waals surface area contributed by atoms with Gasteiger partial charge < -0.3 is 14.2 Å². The molecule has 0 aromatic heterocycles. The van der Waals surface area contributed by atoms with Gasteiger partial charge in [-0.1, -0.05) is 6.42 Å². The number of methoxy groups -OCH3 is 1. The average Bonchev–Trinajstić information content (AvgIpc) is 2.73. The van der Waals surface area contributed by atoms with Gasteiger partial charge in [-0.05, 0) is 19.8 Å². The molecule has 0 N–H and O–H groups in total. The lowest BCUT2D eigenvalue weighted by atomic mass is 10.1. The highest BCUT2D eigenvalue weighted by atomic mass is 32.2. The van der Waals surface area contributed by atoms with Crippen LogP contribution in [0.25, 0.3) is 0 Å². The zero-order chi connectivity index (χ0) is 14.8. The lowest BCUT2D eigenvalue weighted by molar-refractivity contribution is -0.164. The maximum absolute atomic E-state index is 12.0. The molecule has 3 atom stereocenters. The lowest BCUT2D eigenvalue weighted by Gasteiger charge is -2.30. The second-order valence-corrected chi connectivity index (χ2v) is 8.05. The smallest absolute Gasteiger partial charge is 0.308 e. The van der Waals surface area contributed by atoms with Crippen molar-refractivity contribution in [2.75, 3.05) is 19.5 Å². The van der Waals surface area contributed by atoms with Crippen LogP contribution >= 0.6 is 0 Å². The van der Waals surface area contributed by atoms with Crippen molar-refractivity contribution in [3.63, 3.8) is 0 Å². The Bertz CT molecular complexity index is 459. The molecule has 0 amide bonds. The minimum Gasteiger partial charge on any atom is -0.469 e. The summed E-state index contributed by atoms with van der Waals surface area (Å²) in [6, 6.07) is 0. The summed E-state index contributed by atoms with van der Waals surface area (Å²) in [6.07, 6.45) is 2.41. The first-order chi connectivity index (χ1) is 9.35. The summed E-state index contributed by atoms with van der Waals surface area (Å²) >= 11 is 0. The molecule has 2 aliphatic rings. The zero-order valence-corrected chi connectivity index (χ0v) is 12.8. The van der Waals surface area contributed by atoms with Crippen LogP contribution in [0.15, 0.2) is 0 Å². The molecule has 7 heteroatoms. The van der Waals surface area contributed by atoms with Gasteiger partial charge in [0, 0.05) is 6.42 Å². The first-order valence-electron chi connectivity index (χ1n) is 6.95. The van der Waals surface area contributed by atoms with E-state index in [1.807, 2.05) is 0 Å². The van der Waals surface area contributed by atoms with Gasteiger partial charge in [0.25, 0.3) is 0 Å². The van der Waals surface area contributed by atoms with Crippen LogP contribution in [0.5, 0.6) is 0 Å². The predicted molar refractivity (Wildman–Crippen MR) is 71.9 cm³/mol. The van der Waals surface area contributed by atoms with Gasteiger partial charge in [-0.15, -0.1) is 0 Å². The second-order valence-electron chi connectivity index (χ2n) is 5.65. The fourth-order valence-electron chi connectivity index (χ4n) is 2.83. The molecule has 0 radical (unpaired) electrons. The standard InChI is InChI=1S/C13H22O6S/c1-13(8-11-5-3-4-6-20(11,15)16)18-9-10(19-13)7-12(14)17-2/h10-11H,3-9H2,1-2H3. The summed E-state index contributed by atoms with van der Waals surface area (Å²) < 4.78 is 40.0. The van der Waals surface area contributed by atoms with E-state index in [2.05, 4.69) is 4.74 Å². The third-order valence-corrected chi connectivity index (χ3v) is 6.20. The molecule has 0 spiro atoms. The van der Waals surface area contributed by atoms with E-state index in [1.54, 1.807) is 6.92 Å². The molecule has 6 nitrogen and oxygen atoms in total. The Morgan fingerprint density at radius 2 is 2.15 bits per heavy atom. The minimum atomic E-state index is -3.05. The Morgan fingerprint density at radius 3 is 2.80 bits per heavy atom. The number of ether oxygens (including phenoxy) is 3. The number of rotatable bonds is 4. The summed E-state index contributed by atoms with van der Waals surface area (Å²) in [5, 5.41) is -0.405. The molecular formula is C13H22O6S. The number of hydrogen-bond acceptors (Lipinski definition) is 6. The first-order valence-corrected chi connectivity index (χ1v) is 8.66. The SMILES string of the molecule is COC(=O)CC1COC(C)(CC2CCCCS2(=O)=O)O1. The van der Waals surface area contributed by atoms with Gasteiger partial charge >= 0.3 is 5.97 Å². The highest BCUT2D eigenvalue weighted by Crippen LogP contribution is 2.34. The first kappa shape index (κ1) is 15.7. The van der Waals surface area contributed by atoms with Gasteiger partial charge in [0.2, 0.25) is 0 Å². The highest BCUT2D eigenvalue weighted by Gasteiger charge is 2.43. The van der Waals surface area contributed by atoms with E-state index in [0.29, 0.717) is 19.4 Å². The highest BCUT2D eigenvalue weighted by molar-refractivity contribution is 7.92. The molecular weight excluding hydrogens is 284 g/mol. The quantitative estimate of drug-likeness (QED) is 0.722. The second kappa shape index (κ2) is 5.99. The van der Waals surface area contributed by atoms with E-state index in [9.17, 15) is 13.2 Å². The van der Waals surface area contributed by atoms with Crippen molar-refractivity contribution in [2.24, 2.45) is 0 Å². The molecule has 0 aromatic carbocycles. The van der Waals surface area contributed by atoms with Crippen LogP contribution in [-0.4, -0.2) is 51.0 Å². The van der Waals surface area contributed by atoms with Crippen molar-refractivity contribution in [3.8, 4) is 0 Å². The van der Waals surface area contributed by atoms with E-state index in [0.717, 1.165) is 12.8 Å². The molecule has 3 unspecified atom stereocenters. The minimum absolute atomic E-state index is 0.128. The van der Waals surface area contributed by atoms with Gasteiger partial charge in [0.1, 0.15) is 0 Å². The number of sulfone groups is 1. The maximum atomic E-state index is 12.0. The fourth-order valence-corrected chi connectivity index (χ4v) is 4.85. The van der Waals surface area contributed by atoms with Crippen LogP contribution in [0.2, 0.25) is 0 Å². The largest absolute Gasteiger partial charge is 0.469 e. The number of carbonyl (C=O) groups excluding carboxylic acids is 1. The number of hydrogen-bond donors (Lipinski definition) is 0. The van der Waals surface area contributed by atoms with Crippen LogP contribution < -0.4 is 0 Å². The van der Waals surface area contributed by atoms with E-state index in [1.165, 1.54) is 7.11 Å².